The van der Waals surface area contributed by atoms with Crippen LogP contribution in [0.1, 0.15) is 50.6 Å². The topological polar surface area (TPSA) is 32.3 Å². The molecular weight excluding hydrogens is 268 g/mol. The fraction of sp³-hybridized carbons (Fsp3) is 0.688. The van der Waals surface area contributed by atoms with E-state index in [1.54, 1.807) is 0 Å². The highest BCUT2D eigenvalue weighted by atomic mass is 32.1. The number of hydrogen-bond acceptors (Lipinski definition) is 3. The van der Waals surface area contributed by atoms with Gasteiger partial charge in [-0.05, 0) is 42.7 Å². The first-order chi connectivity index (χ1) is 9.52. The van der Waals surface area contributed by atoms with Gasteiger partial charge < -0.3 is 5.32 Å². The van der Waals surface area contributed by atoms with E-state index in [1.165, 1.54) is 10.4 Å². The number of fused-ring (bicyclic) bond motifs is 1. The summed E-state index contributed by atoms with van der Waals surface area (Å²) in [5, 5.41) is 5.29. The molecule has 0 radical (unpaired) electrons. The Kier molecular flexibility index (Phi) is 5.22. The van der Waals surface area contributed by atoms with E-state index in [0.29, 0.717) is 18.5 Å². The number of nitrogens with zero attached hydrogens (tertiary/aromatic N) is 1. The molecule has 112 valence electrons. The second-order valence-electron chi connectivity index (χ2n) is 6.04. The maximum absolute atomic E-state index is 12.2. The molecule has 20 heavy (non-hydrogen) atoms. The fourth-order valence-corrected chi connectivity index (χ4v) is 3.69. The average Bonchev–Trinajstić information content (AvgIpc) is 2.86. The molecule has 1 N–H and O–H groups in total. The monoisotopic (exact) mass is 294 g/mol. The van der Waals surface area contributed by atoms with Gasteiger partial charge in [-0.2, -0.15) is 0 Å². The van der Waals surface area contributed by atoms with Crippen LogP contribution in [0, 0.1) is 5.92 Å². The first-order valence-electron chi connectivity index (χ1n) is 7.62. The summed E-state index contributed by atoms with van der Waals surface area (Å²) in [7, 11) is 0. The lowest BCUT2D eigenvalue weighted by Gasteiger charge is -2.35. The second-order valence-corrected chi connectivity index (χ2v) is 7.04. The van der Waals surface area contributed by atoms with Crippen LogP contribution in [-0.4, -0.2) is 29.9 Å². The molecule has 2 heterocycles. The minimum Gasteiger partial charge on any atom is -0.352 e. The summed E-state index contributed by atoms with van der Waals surface area (Å²) in [6.07, 6.45) is 2.15. The Hall–Kier alpha value is -0.870. The highest BCUT2D eigenvalue weighted by molar-refractivity contribution is 7.10. The molecule has 2 atom stereocenters. The number of hydrogen-bond donors (Lipinski definition) is 1. The molecule has 4 heteroatoms. The molecule has 0 bridgehead atoms. The van der Waals surface area contributed by atoms with Crippen LogP contribution in [0.5, 0.6) is 0 Å². The molecule has 0 fully saturated rings. The third-order valence-electron chi connectivity index (χ3n) is 4.33. The summed E-state index contributed by atoms with van der Waals surface area (Å²) in [6, 6.07) is 2.88. The molecule has 0 saturated carbocycles. The van der Waals surface area contributed by atoms with E-state index < -0.39 is 0 Å². The lowest BCUT2D eigenvalue weighted by molar-refractivity contribution is -0.123. The van der Waals surface area contributed by atoms with Crippen molar-refractivity contribution in [2.24, 2.45) is 5.92 Å². The molecular formula is C16H26N2OS. The van der Waals surface area contributed by atoms with Gasteiger partial charge in [0.1, 0.15) is 0 Å². The van der Waals surface area contributed by atoms with Crippen molar-refractivity contribution in [2.75, 3.05) is 13.1 Å². The maximum atomic E-state index is 12.2. The Morgan fingerprint density at radius 3 is 2.90 bits per heavy atom. The zero-order valence-corrected chi connectivity index (χ0v) is 13.8. The zero-order chi connectivity index (χ0) is 14.7. The van der Waals surface area contributed by atoms with Gasteiger partial charge in [0.25, 0.3) is 0 Å². The van der Waals surface area contributed by atoms with Crippen LogP contribution in [0.2, 0.25) is 0 Å². The smallest absolute Gasteiger partial charge is 0.234 e. The third kappa shape index (κ3) is 3.41. The lowest BCUT2D eigenvalue weighted by atomic mass is 9.98. The standard InChI is InChI=1S/C16H26N2OS/c1-5-14-13-7-9-20-15(13)6-8-18(14)10-16(19)17-12(4)11(2)3/h7,9,11-12,14H,5-6,8,10H2,1-4H3,(H,17,19). The summed E-state index contributed by atoms with van der Waals surface area (Å²) in [6.45, 7) is 10.1. The van der Waals surface area contributed by atoms with Gasteiger partial charge in [0.2, 0.25) is 5.91 Å². The molecule has 0 aliphatic carbocycles. The molecule has 0 spiro atoms. The Balaban J connectivity index is 1.98. The fourth-order valence-electron chi connectivity index (χ4n) is 2.77. The molecule has 1 aliphatic heterocycles. The normalized spacial score (nSPS) is 20.8. The largest absolute Gasteiger partial charge is 0.352 e. The van der Waals surface area contributed by atoms with E-state index in [4.69, 9.17) is 0 Å². The molecule has 3 nitrogen and oxygen atoms in total. The van der Waals surface area contributed by atoms with Gasteiger partial charge in [0.05, 0.1) is 6.54 Å². The molecule has 1 aromatic heterocycles. The van der Waals surface area contributed by atoms with E-state index in [2.05, 4.69) is 49.4 Å². The van der Waals surface area contributed by atoms with Crippen molar-refractivity contribution in [2.45, 2.75) is 52.6 Å². The number of amides is 1. The predicted molar refractivity (Wildman–Crippen MR) is 85.1 cm³/mol. The van der Waals surface area contributed by atoms with Gasteiger partial charge in [-0.25, -0.2) is 0 Å². The van der Waals surface area contributed by atoms with Crippen molar-refractivity contribution in [3.05, 3.63) is 21.9 Å². The minimum atomic E-state index is 0.156. The van der Waals surface area contributed by atoms with E-state index in [1.807, 2.05) is 11.3 Å². The average molecular weight is 294 g/mol. The lowest BCUT2D eigenvalue weighted by Crippen LogP contribution is -2.45. The Labute approximate surface area is 126 Å². The molecule has 1 aromatic rings. The van der Waals surface area contributed by atoms with Crippen molar-refractivity contribution in [3.63, 3.8) is 0 Å². The Bertz CT molecular complexity index is 455. The van der Waals surface area contributed by atoms with Crippen LogP contribution in [0.3, 0.4) is 0 Å². The van der Waals surface area contributed by atoms with Crippen molar-refractivity contribution in [3.8, 4) is 0 Å². The summed E-state index contributed by atoms with van der Waals surface area (Å²) < 4.78 is 0. The van der Waals surface area contributed by atoms with Gasteiger partial charge in [-0.3, -0.25) is 9.69 Å². The number of rotatable bonds is 5. The highest BCUT2D eigenvalue weighted by Gasteiger charge is 2.28. The van der Waals surface area contributed by atoms with E-state index in [-0.39, 0.29) is 11.9 Å². The second kappa shape index (κ2) is 6.72. The van der Waals surface area contributed by atoms with Gasteiger partial charge in [-0.1, -0.05) is 20.8 Å². The first kappa shape index (κ1) is 15.5. The van der Waals surface area contributed by atoms with E-state index in [0.717, 1.165) is 19.4 Å². The van der Waals surface area contributed by atoms with Crippen molar-refractivity contribution in [1.29, 1.82) is 0 Å². The molecule has 1 amide bonds. The number of nitrogens with one attached hydrogen (secondary N) is 1. The first-order valence-corrected chi connectivity index (χ1v) is 8.50. The number of carbonyl (C=O) groups excluding carboxylic acids is 1. The summed E-state index contributed by atoms with van der Waals surface area (Å²) in [5.41, 5.74) is 1.44. The summed E-state index contributed by atoms with van der Waals surface area (Å²) >= 11 is 1.85. The van der Waals surface area contributed by atoms with Gasteiger partial charge in [-0.15, -0.1) is 11.3 Å². The molecule has 0 saturated heterocycles. The zero-order valence-electron chi connectivity index (χ0n) is 13.0. The SMILES string of the molecule is CCC1c2ccsc2CCN1CC(=O)NC(C)C(C)C. The Morgan fingerprint density at radius 2 is 2.25 bits per heavy atom. The number of thiophene rings is 1. The Morgan fingerprint density at radius 1 is 1.50 bits per heavy atom. The van der Waals surface area contributed by atoms with Crippen molar-refractivity contribution < 1.29 is 4.79 Å². The van der Waals surface area contributed by atoms with Crippen LogP contribution in [-0.2, 0) is 11.2 Å². The molecule has 2 unspecified atom stereocenters. The van der Waals surface area contributed by atoms with Crippen LogP contribution in [0.15, 0.2) is 11.4 Å². The molecule has 1 aliphatic rings. The quantitative estimate of drug-likeness (QED) is 0.904. The van der Waals surface area contributed by atoms with Gasteiger partial charge in [0.15, 0.2) is 0 Å². The molecule has 0 aromatic carbocycles. The third-order valence-corrected chi connectivity index (χ3v) is 5.32. The highest BCUT2D eigenvalue weighted by Crippen LogP contribution is 2.34. The van der Waals surface area contributed by atoms with E-state index in [9.17, 15) is 4.79 Å². The van der Waals surface area contributed by atoms with Crippen molar-refractivity contribution in [1.82, 2.24) is 10.2 Å². The van der Waals surface area contributed by atoms with Crippen molar-refractivity contribution >= 4 is 17.2 Å². The maximum Gasteiger partial charge on any atom is 0.234 e. The van der Waals surface area contributed by atoms with Crippen LogP contribution in [0.4, 0.5) is 0 Å². The van der Waals surface area contributed by atoms with Crippen LogP contribution >= 0.6 is 11.3 Å². The van der Waals surface area contributed by atoms with E-state index >= 15 is 0 Å². The minimum absolute atomic E-state index is 0.156. The summed E-state index contributed by atoms with van der Waals surface area (Å²) in [5.74, 6) is 0.633. The van der Waals surface area contributed by atoms with Gasteiger partial charge in [0, 0.05) is 23.5 Å². The van der Waals surface area contributed by atoms with Crippen LogP contribution < -0.4 is 5.32 Å². The van der Waals surface area contributed by atoms with Gasteiger partial charge >= 0.3 is 0 Å². The predicted octanol–water partition coefficient (Wildman–Crippen LogP) is 3.22. The van der Waals surface area contributed by atoms with Crippen LogP contribution in [0.25, 0.3) is 0 Å². The summed E-state index contributed by atoms with van der Waals surface area (Å²) in [4.78, 5) is 16.0. The number of carbonyl (C=O) groups is 1. The molecule has 2 rings (SSSR count).